The van der Waals surface area contributed by atoms with Crippen molar-refractivity contribution in [1.29, 1.82) is 0 Å². The number of carboxylic acid groups (broad SMARTS) is 1. The van der Waals surface area contributed by atoms with Gasteiger partial charge in [0.05, 0.1) is 18.5 Å². The van der Waals surface area contributed by atoms with Crippen molar-refractivity contribution < 1.29 is 19.4 Å². The van der Waals surface area contributed by atoms with Crippen LogP contribution in [0.4, 0.5) is 4.79 Å². The number of pyridine rings is 1. The average Bonchev–Trinajstić information content (AvgIpc) is 2.08. The first kappa shape index (κ1) is 9.47. The molecule has 0 unspecified atom stereocenters. The molecule has 5 heteroatoms. The summed E-state index contributed by atoms with van der Waals surface area (Å²) in [6.07, 6.45) is -0.0102. The monoisotopic (exact) mass is 183 g/mol. The highest BCUT2D eigenvalue weighted by Crippen LogP contribution is 2.09. The number of carbonyl (C=O) groups is 1. The highest BCUT2D eigenvalue weighted by atomic mass is 16.7. The van der Waals surface area contributed by atoms with E-state index in [1.807, 2.05) is 0 Å². The van der Waals surface area contributed by atoms with Gasteiger partial charge >= 0.3 is 6.16 Å². The third kappa shape index (κ3) is 3.08. The van der Waals surface area contributed by atoms with Gasteiger partial charge in [-0.3, -0.25) is 4.98 Å². The minimum absolute atomic E-state index is 0.201. The molecule has 13 heavy (non-hydrogen) atoms. The molecular weight excluding hydrogens is 174 g/mol. The van der Waals surface area contributed by atoms with Crippen molar-refractivity contribution in [2.75, 3.05) is 7.11 Å². The predicted molar refractivity (Wildman–Crippen MR) is 43.6 cm³/mol. The zero-order chi connectivity index (χ0) is 9.68. The Labute approximate surface area is 74.9 Å². The van der Waals surface area contributed by atoms with Crippen LogP contribution in [0.2, 0.25) is 0 Å². The predicted octanol–water partition coefficient (Wildman–Crippen LogP) is 1.28. The van der Waals surface area contributed by atoms with Gasteiger partial charge in [0.2, 0.25) is 0 Å². The molecule has 0 aromatic carbocycles. The lowest BCUT2D eigenvalue weighted by atomic mass is 10.3. The van der Waals surface area contributed by atoms with E-state index in [1.54, 1.807) is 13.2 Å². The number of nitrogens with zero attached hydrogens (tertiary/aromatic N) is 1. The molecule has 1 N–H and O–H groups in total. The molecule has 0 bridgehead atoms. The molecule has 1 aromatic rings. The highest BCUT2D eigenvalue weighted by molar-refractivity contribution is 5.60. The van der Waals surface area contributed by atoms with Gasteiger partial charge in [0.25, 0.3) is 0 Å². The standard InChI is InChI=1S/C8H9NO4/c1-12-5-6-2-3-7(4-9-6)13-8(10)11/h2-4H,5H2,1H3,(H,10,11). The Balaban J connectivity index is 2.64. The summed E-state index contributed by atoms with van der Waals surface area (Å²) in [5, 5.41) is 8.26. The van der Waals surface area contributed by atoms with Crippen molar-refractivity contribution in [3.8, 4) is 5.75 Å². The Morgan fingerprint density at radius 3 is 2.85 bits per heavy atom. The number of aromatic nitrogens is 1. The molecule has 0 atom stereocenters. The molecule has 0 saturated heterocycles. The molecule has 0 aliphatic heterocycles. The van der Waals surface area contributed by atoms with Gasteiger partial charge in [0, 0.05) is 7.11 Å². The first-order chi connectivity index (χ1) is 6.22. The van der Waals surface area contributed by atoms with E-state index < -0.39 is 6.16 Å². The van der Waals surface area contributed by atoms with Gasteiger partial charge in [-0.1, -0.05) is 0 Å². The molecule has 0 amide bonds. The van der Waals surface area contributed by atoms with Crippen LogP contribution < -0.4 is 4.74 Å². The van der Waals surface area contributed by atoms with Crippen molar-refractivity contribution in [1.82, 2.24) is 4.98 Å². The average molecular weight is 183 g/mol. The summed E-state index contributed by atoms with van der Waals surface area (Å²) >= 11 is 0. The van der Waals surface area contributed by atoms with Gasteiger partial charge in [-0.2, -0.15) is 0 Å². The number of hydrogen-bond acceptors (Lipinski definition) is 4. The first-order valence-electron chi connectivity index (χ1n) is 3.57. The lowest BCUT2D eigenvalue weighted by molar-refractivity contribution is 0.144. The summed E-state index contributed by atoms with van der Waals surface area (Å²) in [7, 11) is 1.56. The van der Waals surface area contributed by atoms with Crippen LogP contribution in [0.25, 0.3) is 0 Å². The Morgan fingerprint density at radius 2 is 2.38 bits per heavy atom. The molecule has 0 radical (unpaired) electrons. The molecular formula is C8H9NO4. The van der Waals surface area contributed by atoms with E-state index in [1.165, 1.54) is 12.3 Å². The van der Waals surface area contributed by atoms with E-state index >= 15 is 0 Å². The molecule has 0 aliphatic rings. The lowest BCUT2D eigenvalue weighted by Gasteiger charge is -2.00. The molecule has 1 heterocycles. The van der Waals surface area contributed by atoms with E-state index in [4.69, 9.17) is 9.84 Å². The smallest absolute Gasteiger partial charge is 0.449 e. The maximum Gasteiger partial charge on any atom is 0.511 e. The number of rotatable bonds is 3. The molecule has 1 rings (SSSR count). The quantitative estimate of drug-likeness (QED) is 0.715. The maximum atomic E-state index is 10.1. The van der Waals surface area contributed by atoms with Gasteiger partial charge in [0.1, 0.15) is 0 Å². The normalized spacial score (nSPS) is 9.62. The van der Waals surface area contributed by atoms with Crippen molar-refractivity contribution in [3.05, 3.63) is 24.0 Å². The van der Waals surface area contributed by atoms with Crippen LogP contribution >= 0.6 is 0 Å². The third-order valence-electron chi connectivity index (χ3n) is 1.29. The van der Waals surface area contributed by atoms with Gasteiger partial charge in [-0.25, -0.2) is 4.79 Å². The molecule has 0 fully saturated rings. The van der Waals surface area contributed by atoms with Crippen LogP contribution in [0.15, 0.2) is 18.3 Å². The van der Waals surface area contributed by atoms with Crippen LogP contribution in [0.5, 0.6) is 5.75 Å². The molecule has 0 saturated carbocycles. The molecule has 1 aromatic heterocycles. The van der Waals surface area contributed by atoms with Crippen LogP contribution in [0.3, 0.4) is 0 Å². The van der Waals surface area contributed by atoms with Gasteiger partial charge in [-0.15, -0.1) is 0 Å². The van der Waals surface area contributed by atoms with E-state index in [0.29, 0.717) is 6.61 Å². The molecule has 0 spiro atoms. The number of methoxy groups -OCH3 is 1. The topological polar surface area (TPSA) is 68.7 Å². The Morgan fingerprint density at radius 1 is 1.62 bits per heavy atom. The van der Waals surface area contributed by atoms with E-state index in [2.05, 4.69) is 9.72 Å². The number of ether oxygens (including phenoxy) is 2. The summed E-state index contributed by atoms with van der Waals surface area (Å²) in [6, 6.07) is 3.16. The Bertz CT molecular complexity index is 283. The van der Waals surface area contributed by atoms with Crippen molar-refractivity contribution in [2.45, 2.75) is 6.61 Å². The summed E-state index contributed by atoms with van der Waals surface area (Å²) in [4.78, 5) is 14.0. The van der Waals surface area contributed by atoms with Crippen LogP contribution in [0, 0.1) is 0 Å². The van der Waals surface area contributed by atoms with Crippen LogP contribution in [0.1, 0.15) is 5.69 Å². The summed E-state index contributed by atoms with van der Waals surface area (Å²) in [5.74, 6) is 0.201. The van der Waals surface area contributed by atoms with Gasteiger partial charge < -0.3 is 14.6 Å². The summed E-state index contributed by atoms with van der Waals surface area (Å²) in [6.45, 7) is 0.396. The van der Waals surface area contributed by atoms with Crippen molar-refractivity contribution in [3.63, 3.8) is 0 Å². The largest absolute Gasteiger partial charge is 0.511 e. The molecule has 5 nitrogen and oxygen atoms in total. The van der Waals surface area contributed by atoms with Gasteiger partial charge in [-0.05, 0) is 12.1 Å². The fourth-order valence-corrected chi connectivity index (χ4v) is 0.805. The van der Waals surface area contributed by atoms with Crippen LogP contribution in [-0.2, 0) is 11.3 Å². The summed E-state index contributed by atoms with van der Waals surface area (Å²) in [5.41, 5.74) is 0.722. The zero-order valence-electron chi connectivity index (χ0n) is 7.06. The van der Waals surface area contributed by atoms with Crippen molar-refractivity contribution in [2.24, 2.45) is 0 Å². The minimum atomic E-state index is -1.35. The SMILES string of the molecule is COCc1ccc(OC(=O)O)cn1. The van der Waals surface area contributed by atoms with E-state index in [9.17, 15) is 4.79 Å². The fraction of sp³-hybridized carbons (Fsp3) is 0.250. The van der Waals surface area contributed by atoms with E-state index in [-0.39, 0.29) is 5.75 Å². The second-order valence-electron chi connectivity index (χ2n) is 2.29. The lowest BCUT2D eigenvalue weighted by Crippen LogP contribution is -2.03. The second kappa shape index (κ2) is 4.42. The van der Waals surface area contributed by atoms with Crippen molar-refractivity contribution >= 4 is 6.16 Å². The molecule has 70 valence electrons. The fourth-order valence-electron chi connectivity index (χ4n) is 0.805. The third-order valence-corrected chi connectivity index (χ3v) is 1.29. The Kier molecular flexibility index (Phi) is 3.22. The second-order valence-corrected chi connectivity index (χ2v) is 2.29. The molecule has 0 aliphatic carbocycles. The van der Waals surface area contributed by atoms with Gasteiger partial charge in [0.15, 0.2) is 5.75 Å². The van der Waals surface area contributed by atoms with Crippen LogP contribution in [-0.4, -0.2) is 23.4 Å². The minimum Gasteiger partial charge on any atom is -0.449 e. The number of hydrogen-bond donors (Lipinski definition) is 1. The Hall–Kier alpha value is -1.62. The highest BCUT2D eigenvalue weighted by Gasteiger charge is 2.00. The van der Waals surface area contributed by atoms with E-state index in [0.717, 1.165) is 5.69 Å². The zero-order valence-corrected chi connectivity index (χ0v) is 7.06. The maximum absolute atomic E-state index is 10.1. The first-order valence-corrected chi connectivity index (χ1v) is 3.57. The summed E-state index contributed by atoms with van der Waals surface area (Å²) < 4.78 is 9.19.